The standard InChI is InChI=1S/C46H30N2O/c1-2-11-31(12-3-1)32-13-10-14-36(29-32)47(37-26-28-38-33(30-37)21-27-42-41-17-6-9-20-45(41)49-46(38)42)34-22-24-35(25-23-34)48-43-18-7-4-15-39(43)40-16-5-8-19-44(40)48/h1-30H. The number of para-hydroxylation sites is 3. The van der Waals surface area contributed by atoms with Crippen molar-refractivity contribution in [1.29, 1.82) is 0 Å². The van der Waals surface area contributed by atoms with Gasteiger partial charge < -0.3 is 13.9 Å². The summed E-state index contributed by atoms with van der Waals surface area (Å²) in [4.78, 5) is 2.35. The molecule has 3 heteroatoms. The number of nitrogens with zero attached hydrogens (tertiary/aromatic N) is 2. The minimum Gasteiger partial charge on any atom is -0.455 e. The predicted octanol–water partition coefficient (Wildman–Crippen LogP) is 13.0. The summed E-state index contributed by atoms with van der Waals surface area (Å²) in [5.74, 6) is 0. The molecular weight excluding hydrogens is 597 g/mol. The van der Waals surface area contributed by atoms with Crippen LogP contribution in [0, 0.1) is 0 Å². The number of hydrogen-bond donors (Lipinski definition) is 0. The zero-order valence-corrected chi connectivity index (χ0v) is 26.6. The van der Waals surface area contributed by atoms with Crippen molar-refractivity contribution in [2.75, 3.05) is 4.90 Å². The Morgan fingerprint density at radius 1 is 0.388 bits per heavy atom. The zero-order chi connectivity index (χ0) is 32.3. The molecule has 0 amide bonds. The number of fused-ring (bicyclic) bond motifs is 8. The van der Waals surface area contributed by atoms with E-state index in [2.05, 4.69) is 179 Å². The van der Waals surface area contributed by atoms with Crippen LogP contribution < -0.4 is 4.90 Å². The molecule has 49 heavy (non-hydrogen) atoms. The van der Waals surface area contributed by atoms with E-state index < -0.39 is 0 Å². The smallest absolute Gasteiger partial charge is 0.143 e. The summed E-state index contributed by atoms with van der Waals surface area (Å²) in [6.45, 7) is 0. The lowest BCUT2D eigenvalue weighted by Gasteiger charge is -2.26. The van der Waals surface area contributed by atoms with Gasteiger partial charge in [0.1, 0.15) is 11.2 Å². The molecule has 0 saturated carbocycles. The SMILES string of the molecule is c1ccc(-c2cccc(N(c3ccc(-n4c5ccccc5c5ccccc54)cc3)c3ccc4c(ccc5c6ccccc6oc45)c3)c2)cc1. The summed E-state index contributed by atoms with van der Waals surface area (Å²) in [7, 11) is 0. The summed E-state index contributed by atoms with van der Waals surface area (Å²) in [5, 5.41) is 7.05. The second kappa shape index (κ2) is 11.0. The van der Waals surface area contributed by atoms with Crippen LogP contribution in [-0.4, -0.2) is 4.57 Å². The van der Waals surface area contributed by atoms with Gasteiger partial charge in [-0.2, -0.15) is 0 Å². The first-order valence-electron chi connectivity index (χ1n) is 16.7. The fraction of sp³-hybridized carbons (Fsp3) is 0. The van der Waals surface area contributed by atoms with Crippen LogP contribution in [0.2, 0.25) is 0 Å². The molecule has 0 unspecified atom stereocenters. The van der Waals surface area contributed by atoms with Gasteiger partial charge in [0.15, 0.2) is 0 Å². The molecule has 0 N–H and O–H groups in total. The van der Waals surface area contributed by atoms with E-state index in [-0.39, 0.29) is 0 Å². The molecule has 0 spiro atoms. The Balaban J connectivity index is 1.14. The van der Waals surface area contributed by atoms with E-state index in [4.69, 9.17) is 4.42 Å². The first kappa shape index (κ1) is 27.5. The van der Waals surface area contributed by atoms with Gasteiger partial charge in [-0.3, -0.25) is 0 Å². The van der Waals surface area contributed by atoms with Gasteiger partial charge >= 0.3 is 0 Å². The molecule has 230 valence electrons. The highest BCUT2D eigenvalue weighted by Gasteiger charge is 2.17. The highest BCUT2D eigenvalue weighted by atomic mass is 16.3. The fourth-order valence-corrected chi connectivity index (χ4v) is 7.49. The topological polar surface area (TPSA) is 21.3 Å². The summed E-state index contributed by atoms with van der Waals surface area (Å²) in [6, 6.07) is 65.0. The van der Waals surface area contributed by atoms with E-state index in [0.717, 1.165) is 55.5 Å². The zero-order valence-electron chi connectivity index (χ0n) is 26.6. The largest absolute Gasteiger partial charge is 0.455 e. The van der Waals surface area contributed by atoms with Gasteiger partial charge in [-0.1, -0.05) is 103 Å². The minimum absolute atomic E-state index is 0.914. The first-order chi connectivity index (χ1) is 24.3. The van der Waals surface area contributed by atoms with Crippen LogP contribution in [0.15, 0.2) is 186 Å². The van der Waals surface area contributed by atoms with Crippen molar-refractivity contribution in [3.05, 3.63) is 182 Å². The number of benzene rings is 8. The Bertz CT molecular complexity index is 2770. The van der Waals surface area contributed by atoms with Gasteiger partial charge in [-0.25, -0.2) is 0 Å². The van der Waals surface area contributed by atoms with Crippen molar-refractivity contribution >= 4 is 71.6 Å². The van der Waals surface area contributed by atoms with Gasteiger partial charge in [0.2, 0.25) is 0 Å². The van der Waals surface area contributed by atoms with E-state index in [1.165, 1.54) is 32.9 Å². The third-order valence-corrected chi connectivity index (χ3v) is 9.76. The Labute approximate surface area is 283 Å². The van der Waals surface area contributed by atoms with Crippen molar-refractivity contribution < 1.29 is 4.42 Å². The lowest BCUT2D eigenvalue weighted by Crippen LogP contribution is -2.10. The molecule has 0 aliphatic heterocycles. The van der Waals surface area contributed by atoms with Crippen LogP contribution in [0.5, 0.6) is 0 Å². The second-order valence-electron chi connectivity index (χ2n) is 12.6. The van der Waals surface area contributed by atoms with Gasteiger partial charge in [0.05, 0.1) is 11.0 Å². The summed E-state index contributed by atoms with van der Waals surface area (Å²) < 4.78 is 8.76. The number of anilines is 3. The van der Waals surface area contributed by atoms with Crippen molar-refractivity contribution in [2.24, 2.45) is 0 Å². The van der Waals surface area contributed by atoms with Gasteiger partial charge in [0, 0.05) is 49.7 Å². The van der Waals surface area contributed by atoms with Gasteiger partial charge in [-0.15, -0.1) is 0 Å². The molecule has 10 aromatic rings. The average molecular weight is 627 g/mol. The van der Waals surface area contributed by atoms with Crippen molar-refractivity contribution in [3.8, 4) is 16.8 Å². The highest BCUT2D eigenvalue weighted by molar-refractivity contribution is 6.15. The fourth-order valence-electron chi connectivity index (χ4n) is 7.49. The molecule has 0 aliphatic carbocycles. The summed E-state index contributed by atoms with van der Waals surface area (Å²) in [5.41, 5.74) is 11.0. The molecular formula is C46H30N2O. The maximum Gasteiger partial charge on any atom is 0.143 e. The van der Waals surface area contributed by atoms with Crippen molar-refractivity contribution in [1.82, 2.24) is 4.57 Å². The van der Waals surface area contributed by atoms with Crippen LogP contribution in [0.3, 0.4) is 0 Å². The average Bonchev–Trinajstić information content (AvgIpc) is 3.72. The molecule has 0 fully saturated rings. The number of rotatable bonds is 5. The molecule has 0 atom stereocenters. The quantitative estimate of drug-likeness (QED) is 0.190. The molecule has 8 aromatic carbocycles. The molecule has 0 aliphatic rings. The summed E-state index contributed by atoms with van der Waals surface area (Å²) >= 11 is 0. The Hall–Kier alpha value is -6.58. The van der Waals surface area contributed by atoms with E-state index >= 15 is 0 Å². The molecule has 10 rings (SSSR count). The van der Waals surface area contributed by atoms with E-state index in [1.54, 1.807) is 0 Å². The number of aromatic nitrogens is 1. The maximum atomic E-state index is 6.39. The van der Waals surface area contributed by atoms with Crippen LogP contribution in [0.1, 0.15) is 0 Å². The first-order valence-corrected chi connectivity index (χ1v) is 16.7. The molecule has 3 nitrogen and oxygen atoms in total. The van der Waals surface area contributed by atoms with Crippen LogP contribution in [-0.2, 0) is 0 Å². The molecule has 0 saturated heterocycles. The van der Waals surface area contributed by atoms with Gasteiger partial charge in [0.25, 0.3) is 0 Å². The van der Waals surface area contributed by atoms with E-state index in [1.807, 2.05) is 12.1 Å². The van der Waals surface area contributed by atoms with E-state index in [9.17, 15) is 0 Å². The third kappa shape index (κ3) is 4.44. The molecule has 0 radical (unpaired) electrons. The third-order valence-electron chi connectivity index (χ3n) is 9.76. The monoisotopic (exact) mass is 626 g/mol. The molecule has 2 aromatic heterocycles. The Morgan fingerprint density at radius 2 is 1.00 bits per heavy atom. The van der Waals surface area contributed by atoms with E-state index in [0.29, 0.717) is 0 Å². The molecule has 0 bridgehead atoms. The second-order valence-corrected chi connectivity index (χ2v) is 12.6. The van der Waals surface area contributed by atoms with Crippen LogP contribution in [0.25, 0.3) is 71.3 Å². The highest BCUT2D eigenvalue weighted by Crippen LogP contribution is 2.41. The number of hydrogen-bond acceptors (Lipinski definition) is 2. The predicted molar refractivity (Wildman–Crippen MR) is 206 cm³/mol. The Kier molecular flexibility index (Phi) is 6.18. The van der Waals surface area contributed by atoms with Crippen molar-refractivity contribution in [2.45, 2.75) is 0 Å². The van der Waals surface area contributed by atoms with Gasteiger partial charge in [-0.05, 0) is 95.4 Å². The maximum absolute atomic E-state index is 6.39. The lowest BCUT2D eigenvalue weighted by molar-refractivity contribution is 0.672. The normalized spacial score (nSPS) is 11.7. The lowest BCUT2D eigenvalue weighted by atomic mass is 10.0. The minimum atomic E-state index is 0.914. The van der Waals surface area contributed by atoms with Crippen LogP contribution >= 0.6 is 0 Å². The Morgan fingerprint density at radius 3 is 1.78 bits per heavy atom. The summed E-state index contributed by atoms with van der Waals surface area (Å²) in [6.07, 6.45) is 0. The number of furan rings is 1. The van der Waals surface area contributed by atoms with Crippen LogP contribution in [0.4, 0.5) is 17.1 Å². The molecule has 2 heterocycles. The van der Waals surface area contributed by atoms with Crippen molar-refractivity contribution in [3.63, 3.8) is 0 Å².